The molecule has 0 spiro atoms. The van der Waals surface area contributed by atoms with Gasteiger partial charge in [0.2, 0.25) is 5.95 Å². The van der Waals surface area contributed by atoms with Crippen LogP contribution in [-0.2, 0) is 11.3 Å². The Morgan fingerprint density at radius 2 is 1.89 bits per heavy atom. The molecular formula is C34H36ClN9O3. The Bertz CT molecular complexity index is 1850. The molecule has 4 aromatic rings. The number of aromatic nitrogens is 4. The molecular weight excluding hydrogens is 618 g/mol. The number of piperidine rings is 1. The van der Waals surface area contributed by atoms with Crippen LogP contribution in [0.25, 0.3) is 5.65 Å². The highest BCUT2D eigenvalue weighted by Gasteiger charge is 2.44. The minimum atomic E-state index is -0.0875. The van der Waals surface area contributed by atoms with Gasteiger partial charge in [-0.05, 0) is 86.5 Å². The molecule has 1 aliphatic carbocycles. The number of imidazole rings is 1. The normalized spacial score (nSPS) is 17.9. The van der Waals surface area contributed by atoms with E-state index < -0.39 is 0 Å². The average molecular weight is 654 g/mol. The maximum atomic E-state index is 9.97. The number of methoxy groups -OCH3 is 1. The van der Waals surface area contributed by atoms with Crippen LogP contribution in [0, 0.1) is 22.7 Å². The standard InChI is InChI=1S/C34H36ClN9O3/c1-46-27-6-2-22(3-7-27)19-43(25-4-5-25)32-31-38-18-26(17-37)44(31)41-33(40-32)39-29-15-23(16-36)14-28(30(29)35)24-8-11-42(12-9-24)34(10-13-45)20-47-21-34/h2-3,6-7,14-15,18,24-25,45H,4-5,8-13,19-21H2,1H3,(H,39,41). The van der Waals surface area contributed by atoms with E-state index in [0.29, 0.717) is 53.9 Å². The third-order valence-electron chi connectivity index (χ3n) is 9.63. The van der Waals surface area contributed by atoms with E-state index in [0.717, 1.165) is 55.6 Å². The van der Waals surface area contributed by atoms with Gasteiger partial charge in [-0.15, -0.1) is 5.10 Å². The van der Waals surface area contributed by atoms with E-state index in [1.165, 1.54) is 10.7 Å². The number of nitrogens with zero attached hydrogens (tertiary/aromatic N) is 8. The Kier molecular flexibility index (Phi) is 8.60. The van der Waals surface area contributed by atoms with Crippen LogP contribution in [0.4, 0.5) is 17.5 Å². The van der Waals surface area contributed by atoms with Crippen molar-refractivity contribution in [2.75, 3.05) is 50.2 Å². The summed E-state index contributed by atoms with van der Waals surface area (Å²) >= 11 is 7.10. The molecule has 2 saturated heterocycles. The van der Waals surface area contributed by atoms with Crippen LogP contribution in [-0.4, -0.2) is 81.2 Å². The molecule has 2 aromatic carbocycles. The summed E-state index contributed by atoms with van der Waals surface area (Å²) in [6.07, 6.45) is 5.99. The van der Waals surface area contributed by atoms with Crippen molar-refractivity contribution in [3.8, 4) is 17.9 Å². The highest BCUT2D eigenvalue weighted by atomic mass is 35.5. The van der Waals surface area contributed by atoms with Crippen molar-refractivity contribution in [1.29, 1.82) is 10.5 Å². The molecule has 3 fully saturated rings. The number of benzene rings is 2. The highest BCUT2D eigenvalue weighted by Crippen LogP contribution is 2.41. The number of hydrogen-bond donors (Lipinski definition) is 2. The van der Waals surface area contributed by atoms with Gasteiger partial charge in [-0.2, -0.15) is 20.0 Å². The zero-order valence-electron chi connectivity index (χ0n) is 26.2. The Morgan fingerprint density at radius 3 is 2.51 bits per heavy atom. The predicted molar refractivity (Wildman–Crippen MR) is 176 cm³/mol. The number of rotatable bonds is 11. The van der Waals surface area contributed by atoms with Crippen molar-refractivity contribution in [3.63, 3.8) is 0 Å². The zero-order valence-corrected chi connectivity index (χ0v) is 26.9. The van der Waals surface area contributed by atoms with Crippen molar-refractivity contribution in [3.05, 3.63) is 70.0 Å². The highest BCUT2D eigenvalue weighted by molar-refractivity contribution is 6.34. The fourth-order valence-electron chi connectivity index (χ4n) is 6.80. The van der Waals surface area contributed by atoms with Crippen LogP contribution in [0.5, 0.6) is 5.75 Å². The molecule has 0 amide bonds. The van der Waals surface area contributed by atoms with Crippen LogP contribution < -0.4 is 15.0 Å². The van der Waals surface area contributed by atoms with E-state index in [4.69, 9.17) is 26.1 Å². The molecule has 47 heavy (non-hydrogen) atoms. The number of nitriles is 2. The number of fused-ring (bicyclic) bond motifs is 1. The number of likely N-dealkylation sites (tertiary alicyclic amines) is 1. The minimum Gasteiger partial charge on any atom is -0.497 e. The molecule has 0 radical (unpaired) electrons. The second kappa shape index (κ2) is 13.0. The molecule has 1 saturated carbocycles. The van der Waals surface area contributed by atoms with E-state index in [2.05, 4.69) is 37.3 Å². The van der Waals surface area contributed by atoms with E-state index >= 15 is 0 Å². The van der Waals surface area contributed by atoms with Crippen molar-refractivity contribution >= 4 is 34.7 Å². The molecule has 0 unspecified atom stereocenters. The van der Waals surface area contributed by atoms with Crippen LogP contribution in [0.15, 0.2) is 42.6 Å². The molecule has 4 heterocycles. The molecule has 0 atom stereocenters. The summed E-state index contributed by atoms with van der Waals surface area (Å²) in [6.45, 7) is 3.73. The fourth-order valence-corrected chi connectivity index (χ4v) is 7.11. The van der Waals surface area contributed by atoms with Gasteiger partial charge in [-0.1, -0.05) is 23.7 Å². The van der Waals surface area contributed by atoms with Crippen LogP contribution in [0.2, 0.25) is 5.02 Å². The number of nitrogens with one attached hydrogen (secondary N) is 1. The Morgan fingerprint density at radius 1 is 1.13 bits per heavy atom. The van der Waals surface area contributed by atoms with Gasteiger partial charge in [-0.3, -0.25) is 4.90 Å². The summed E-state index contributed by atoms with van der Waals surface area (Å²) in [4.78, 5) is 14.1. The van der Waals surface area contributed by atoms with Gasteiger partial charge in [-0.25, -0.2) is 4.98 Å². The summed E-state index contributed by atoms with van der Waals surface area (Å²) in [6, 6.07) is 16.3. The van der Waals surface area contributed by atoms with Gasteiger partial charge in [0.15, 0.2) is 17.2 Å². The Hall–Kier alpha value is -4.46. The number of anilines is 3. The SMILES string of the molecule is COc1ccc(CN(c2nc(Nc3cc(C#N)cc(C4CCN(C5(CCO)COC5)CC4)c3Cl)nn3c(C#N)cnc23)C2CC2)cc1. The molecule has 13 heteroatoms. The van der Waals surface area contributed by atoms with Crippen LogP contribution >= 0.6 is 11.6 Å². The molecule has 242 valence electrons. The number of aliphatic hydroxyl groups is 1. The van der Waals surface area contributed by atoms with E-state index in [1.807, 2.05) is 30.3 Å². The second-order valence-electron chi connectivity index (χ2n) is 12.6. The van der Waals surface area contributed by atoms with Gasteiger partial charge in [0.25, 0.3) is 0 Å². The molecule has 2 aliphatic heterocycles. The lowest BCUT2D eigenvalue weighted by atomic mass is 9.83. The van der Waals surface area contributed by atoms with Gasteiger partial charge in [0, 0.05) is 19.2 Å². The first kappa shape index (κ1) is 31.2. The van der Waals surface area contributed by atoms with Gasteiger partial charge >= 0.3 is 0 Å². The number of halogens is 1. The van der Waals surface area contributed by atoms with E-state index in [1.54, 1.807) is 13.2 Å². The molecule has 3 aliphatic rings. The maximum Gasteiger partial charge on any atom is 0.247 e. The van der Waals surface area contributed by atoms with E-state index in [-0.39, 0.29) is 35.7 Å². The third-order valence-corrected chi connectivity index (χ3v) is 10.1. The minimum absolute atomic E-state index is 0.0875. The summed E-state index contributed by atoms with van der Waals surface area (Å²) < 4.78 is 12.4. The smallest absolute Gasteiger partial charge is 0.247 e. The lowest BCUT2D eigenvalue weighted by Crippen LogP contribution is -2.64. The Balaban J connectivity index is 1.20. The van der Waals surface area contributed by atoms with Crippen molar-refractivity contribution < 1.29 is 14.6 Å². The molecule has 2 aromatic heterocycles. The molecule has 12 nitrogen and oxygen atoms in total. The first-order valence-electron chi connectivity index (χ1n) is 15.9. The first-order valence-corrected chi connectivity index (χ1v) is 16.3. The van der Waals surface area contributed by atoms with Gasteiger partial charge in [0.1, 0.15) is 11.8 Å². The molecule has 7 rings (SSSR count). The van der Waals surface area contributed by atoms with Gasteiger partial charge in [0.05, 0.1) is 54.4 Å². The van der Waals surface area contributed by atoms with Crippen molar-refractivity contribution in [2.45, 2.75) is 56.1 Å². The summed E-state index contributed by atoms with van der Waals surface area (Å²) in [5.41, 5.74) is 3.71. The monoisotopic (exact) mass is 653 g/mol. The molecule has 2 N–H and O–H groups in total. The maximum absolute atomic E-state index is 9.97. The fraction of sp³-hybridized carbons (Fsp3) is 0.441. The third kappa shape index (κ3) is 6.06. The van der Waals surface area contributed by atoms with Gasteiger partial charge < -0.3 is 24.8 Å². The largest absolute Gasteiger partial charge is 0.497 e. The number of hydrogen-bond acceptors (Lipinski definition) is 11. The number of ether oxygens (including phenoxy) is 2. The first-order chi connectivity index (χ1) is 22.9. The van der Waals surface area contributed by atoms with Crippen LogP contribution in [0.1, 0.15) is 60.4 Å². The number of aliphatic hydroxyl groups excluding tert-OH is 1. The summed E-state index contributed by atoms with van der Waals surface area (Å²) in [5, 5.41) is 37.9. The average Bonchev–Trinajstić information content (AvgIpc) is 3.85. The second-order valence-corrected chi connectivity index (χ2v) is 13.0. The molecule has 0 bridgehead atoms. The quantitative estimate of drug-likeness (QED) is 0.231. The predicted octanol–water partition coefficient (Wildman–Crippen LogP) is 4.77. The Labute approximate surface area is 278 Å². The summed E-state index contributed by atoms with van der Waals surface area (Å²) in [5.74, 6) is 1.80. The van der Waals surface area contributed by atoms with Crippen molar-refractivity contribution in [2.24, 2.45) is 0 Å². The van der Waals surface area contributed by atoms with E-state index in [9.17, 15) is 15.6 Å². The lowest BCUT2D eigenvalue weighted by Gasteiger charge is -2.52. The lowest BCUT2D eigenvalue weighted by molar-refractivity contribution is -0.154. The zero-order chi connectivity index (χ0) is 32.5. The topological polar surface area (TPSA) is 148 Å². The summed E-state index contributed by atoms with van der Waals surface area (Å²) in [7, 11) is 1.65. The van der Waals surface area contributed by atoms with Crippen LogP contribution in [0.3, 0.4) is 0 Å². The van der Waals surface area contributed by atoms with Crippen molar-refractivity contribution in [1.82, 2.24) is 24.5 Å².